The fourth-order valence-corrected chi connectivity index (χ4v) is 2.05. The maximum Gasteiger partial charge on any atom is 0.470 e. The van der Waals surface area contributed by atoms with Crippen LogP contribution in [0.2, 0.25) is 0 Å². The molecule has 0 atom stereocenters. The van der Waals surface area contributed by atoms with Gasteiger partial charge in [-0.2, -0.15) is 83.4 Å². The van der Waals surface area contributed by atoms with E-state index in [1.165, 1.54) is 0 Å². The molecule has 0 aromatic rings. The van der Waals surface area contributed by atoms with Gasteiger partial charge >= 0.3 is 53.7 Å². The molecule has 0 saturated carbocycles. The molecule has 0 aliphatic rings. The van der Waals surface area contributed by atoms with Gasteiger partial charge in [0.05, 0.1) is 6.26 Å². The Hall–Kier alpha value is -1.79. The van der Waals surface area contributed by atoms with Crippen molar-refractivity contribution < 1.29 is 88.2 Å². The Labute approximate surface area is 175 Å². The Kier molecular flexibility index (Phi) is 8.24. The first-order valence-corrected chi connectivity index (χ1v) is 7.90. The number of rotatable bonds is 12. The van der Waals surface area contributed by atoms with Crippen LogP contribution in [0.1, 0.15) is 19.3 Å². The van der Waals surface area contributed by atoms with Gasteiger partial charge in [-0.05, 0) is 6.42 Å². The minimum absolute atomic E-state index is 0.829. The van der Waals surface area contributed by atoms with E-state index in [9.17, 15) is 83.4 Å². The highest BCUT2D eigenvalue weighted by atomic mass is 19.4. The second-order valence-corrected chi connectivity index (χ2v) is 6.42. The number of hydrogen-bond donors (Lipinski definition) is 0. The van der Waals surface area contributed by atoms with E-state index in [1.807, 2.05) is 0 Å². The standard InChI is InChI=1S/C14H9F19O/c1-2-34-14(32,33)13(30,31)12(28,29)11(26,27)10(24,25)9(22,23)8(20,21)6(15,16)4-3-5-7(17,18)19/h2H,1,3-5H2. The lowest BCUT2D eigenvalue weighted by molar-refractivity contribution is -0.469. The molecule has 0 aliphatic carbocycles. The summed E-state index contributed by atoms with van der Waals surface area (Å²) >= 11 is 0. The molecule has 0 N–H and O–H groups in total. The van der Waals surface area contributed by atoms with Gasteiger partial charge in [0.2, 0.25) is 0 Å². The average Bonchev–Trinajstić information content (AvgIpc) is 2.59. The van der Waals surface area contributed by atoms with Crippen LogP contribution in [0.25, 0.3) is 0 Å². The van der Waals surface area contributed by atoms with Gasteiger partial charge in [0.15, 0.2) is 0 Å². The topological polar surface area (TPSA) is 9.23 Å². The first kappa shape index (κ1) is 32.2. The lowest BCUT2D eigenvalue weighted by atomic mass is 9.87. The number of ether oxygens (including phenoxy) is 1. The molecule has 0 saturated heterocycles. The van der Waals surface area contributed by atoms with Gasteiger partial charge in [0, 0.05) is 12.8 Å². The lowest BCUT2D eigenvalue weighted by Crippen LogP contribution is -2.74. The molecule has 0 rings (SSSR count). The van der Waals surface area contributed by atoms with Crippen LogP contribution in [0, 0.1) is 0 Å². The zero-order valence-corrected chi connectivity index (χ0v) is 15.5. The summed E-state index contributed by atoms with van der Waals surface area (Å²) in [7, 11) is 0. The molecule has 0 aromatic carbocycles. The maximum absolute atomic E-state index is 13.5. The van der Waals surface area contributed by atoms with Crippen LogP contribution in [-0.4, -0.2) is 53.7 Å². The number of halogens is 19. The van der Waals surface area contributed by atoms with Crippen LogP contribution in [0.3, 0.4) is 0 Å². The zero-order chi connectivity index (χ0) is 28.0. The predicted molar refractivity (Wildman–Crippen MR) is 70.8 cm³/mol. The third-order valence-electron chi connectivity index (χ3n) is 3.98. The summed E-state index contributed by atoms with van der Waals surface area (Å²) in [4.78, 5) is 0. The lowest BCUT2D eigenvalue weighted by Gasteiger charge is -2.43. The minimum Gasteiger partial charge on any atom is -0.436 e. The molecule has 0 spiro atoms. The van der Waals surface area contributed by atoms with E-state index < -0.39 is 79.3 Å². The van der Waals surface area contributed by atoms with Crippen molar-refractivity contribution in [2.75, 3.05) is 0 Å². The van der Waals surface area contributed by atoms with Crippen molar-refractivity contribution in [3.8, 4) is 0 Å². The summed E-state index contributed by atoms with van der Waals surface area (Å²) in [5.41, 5.74) is 0. The van der Waals surface area contributed by atoms with E-state index in [0.717, 1.165) is 0 Å². The van der Waals surface area contributed by atoms with Crippen molar-refractivity contribution in [2.45, 2.75) is 73.0 Å². The molecular weight excluding hydrogens is 545 g/mol. The highest BCUT2D eigenvalue weighted by Crippen LogP contribution is 2.64. The molecule has 0 bridgehead atoms. The number of hydrogen-bond acceptors (Lipinski definition) is 1. The van der Waals surface area contributed by atoms with Crippen molar-refractivity contribution >= 4 is 0 Å². The van der Waals surface area contributed by atoms with Crippen LogP contribution in [-0.2, 0) is 4.74 Å². The van der Waals surface area contributed by atoms with Crippen molar-refractivity contribution in [3.63, 3.8) is 0 Å². The molecule has 204 valence electrons. The highest BCUT2D eigenvalue weighted by molar-refractivity contribution is 5.15. The van der Waals surface area contributed by atoms with Gasteiger partial charge in [-0.3, -0.25) is 0 Å². The van der Waals surface area contributed by atoms with E-state index in [2.05, 4.69) is 11.3 Å². The van der Waals surface area contributed by atoms with E-state index in [1.54, 1.807) is 0 Å². The number of alkyl halides is 19. The third kappa shape index (κ3) is 4.81. The predicted octanol–water partition coefficient (Wildman–Crippen LogP) is 7.92. The van der Waals surface area contributed by atoms with Crippen LogP contribution >= 0.6 is 0 Å². The SMILES string of the molecule is C=COC(F)(F)C(F)(F)C(F)(F)C(F)(F)C(F)(F)C(F)(F)C(F)(F)C(F)(F)CCCC(F)(F)F. The fourth-order valence-electron chi connectivity index (χ4n) is 2.05. The first-order chi connectivity index (χ1) is 14.5. The smallest absolute Gasteiger partial charge is 0.436 e. The maximum atomic E-state index is 13.5. The molecule has 0 fully saturated rings. The van der Waals surface area contributed by atoms with Crippen molar-refractivity contribution in [3.05, 3.63) is 12.8 Å². The molecule has 20 heteroatoms. The Morgan fingerprint density at radius 3 is 1.12 bits per heavy atom. The fraction of sp³-hybridized carbons (Fsp3) is 0.857. The normalized spacial score (nSPS) is 16.0. The molecule has 0 radical (unpaired) electrons. The molecule has 1 nitrogen and oxygen atoms in total. The Morgan fingerprint density at radius 1 is 0.471 bits per heavy atom. The summed E-state index contributed by atoms with van der Waals surface area (Å²) in [6.45, 7) is 2.10. The van der Waals surface area contributed by atoms with E-state index in [4.69, 9.17) is 0 Å². The second-order valence-electron chi connectivity index (χ2n) is 6.42. The largest absolute Gasteiger partial charge is 0.470 e. The quantitative estimate of drug-likeness (QED) is 0.176. The van der Waals surface area contributed by atoms with Gasteiger partial charge in [0.25, 0.3) is 0 Å². The molecule has 34 heavy (non-hydrogen) atoms. The van der Waals surface area contributed by atoms with Gasteiger partial charge in [-0.1, -0.05) is 6.58 Å². The van der Waals surface area contributed by atoms with Gasteiger partial charge < -0.3 is 4.74 Å². The molecule has 0 aromatic heterocycles. The van der Waals surface area contributed by atoms with Crippen LogP contribution in [0.5, 0.6) is 0 Å². The molecule has 0 aliphatic heterocycles. The summed E-state index contributed by atoms with van der Waals surface area (Å²) in [5.74, 6) is -56.7. The van der Waals surface area contributed by atoms with Crippen molar-refractivity contribution in [2.24, 2.45) is 0 Å². The highest BCUT2D eigenvalue weighted by Gasteiger charge is 2.95. The minimum atomic E-state index is -8.64. The monoisotopic (exact) mass is 554 g/mol. The first-order valence-electron chi connectivity index (χ1n) is 7.90. The summed E-state index contributed by atoms with van der Waals surface area (Å²) in [5, 5.41) is 0. The third-order valence-corrected chi connectivity index (χ3v) is 3.98. The molecular formula is C14H9F19O. The van der Waals surface area contributed by atoms with Crippen LogP contribution < -0.4 is 0 Å². The summed E-state index contributed by atoms with van der Waals surface area (Å²) in [6, 6.07) is 0. The van der Waals surface area contributed by atoms with Crippen LogP contribution in [0.15, 0.2) is 12.8 Å². The van der Waals surface area contributed by atoms with Crippen molar-refractivity contribution in [1.29, 1.82) is 0 Å². The average molecular weight is 554 g/mol. The Bertz CT molecular complexity index is 719. The summed E-state index contributed by atoms with van der Waals surface area (Å²) in [6.07, 6.45) is -20.8. The van der Waals surface area contributed by atoms with E-state index in [0.29, 0.717) is 0 Å². The van der Waals surface area contributed by atoms with Gasteiger partial charge in [-0.15, -0.1) is 0 Å². The van der Waals surface area contributed by atoms with E-state index >= 15 is 0 Å². The zero-order valence-electron chi connectivity index (χ0n) is 15.5. The van der Waals surface area contributed by atoms with Crippen LogP contribution in [0.4, 0.5) is 83.4 Å². The molecule has 0 unspecified atom stereocenters. The van der Waals surface area contributed by atoms with Crippen molar-refractivity contribution in [1.82, 2.24) is 0 Å². The molecule has 0 amide bonds. The Balaban J connectivity index is 6.51. The van der Waals surface area contributed by atoms with Gasteiger partial charge in [-0.25, -0.2) is 0 Å². The summed E-state index contributed by atoms with van der Waals surface area (Å²) < 4.78 is 252. The van der Waals surface area contributed by atoms with Gasteiger partial charge in [0.1, 0.15) is 0 Å². The Morgan fingerprint density at radius 2 is 0.794 bits per heavy atom. The second kappa shape index (κ2) is 8.70. The molecule has 0 heterocycles. The van der Waals surface area contributed by atoms with E-state index in [-0.39, 0.29) is 0 Å².